The number of amides is 1. The molecule has 3 unspecified atom stereocenters. The lowest BCUT2D eigenvalue weighted by Crippen LogP contribution is -2.47. The van der Waals surface area contributed by atoms with E-state index in [0.717, 1.165) is 37.0 Å². The number of nitrogens with one attached hydrogen (secondary N) is 1. The summed E-state index contributed by atoms with van der Waals surface area (Å²) in [5, 5.41) is 2.98. The van der Waals surface area contributed by atoms with E-state index in [9.17, 15) is 9.00 Å². The first-order valence-corrected chi connectivity index (χ1v) is 10.2. The fraction of sp³-hybridized carbons (Fsp3) is 0.381. The van der Waals surface area contributed by atoms with Crippen molar-refractivity contribution in [2.75, 3.05) is 5.32 Å². The second kappa shape index (κ2) is 6.75. The largest absolute Gasteiger partial charge is 0.325 e. The summed E-state index contributed by atoms with van der Waals surface area (Å²) < 4.78 is 13.2. The van der Waals surface area contributed by atoms with Gasteiger partial charge in [0.1, 0.15) is 0 Å². The highest BCUT2D eigenvalue weighted by molar-refractivity contribution is 7.86. The van der Waals surface area contributed by atoms with Crippen molar-refractivity contribution < 1.29 is 9.00 Å². The smallest absolute Gasteiger partial charge is 0.225 e. The SMILES string of the molecule is O=C1CC2(CCCCC2Cc2ccccc2)S(=O)c2ccccc2N1. The molecule has 25 heavy (non-hydrogen) atoms. The summed E-state index contributed by atoms with van der Waals surface area (Å²) >= 11 is 0. The fourth-order valence-corrected chi connectivity index (χ4v) is 6.48. The monoisotopic (exact) mass is 353 g/mol. The number of benzene rings is 2. The number of hydrogen-bond acceptors (Lipinski definition) is 2. The van der Waals surface area contributed by atoms with Crippen LogP contribution in [0.25, 0.3) is 0 Å². The van der Waals surface area contributed by atoms with Crippen LogP contribution in [-0.4, -0.2) is 14.9 Å². The van der Waals surface area contributed by atoms with E-state index in [4.69, 9.17) is 0 Å². The Morgan fingerprint density at radius 1 is 1.04 bits per heavy atom. The average molecular weight is 353 g/mol. The molecule has 0 bridgehead atoms. The first-order chi connectivity index (χ1) is 12.2. The molecule has 2 aliphatic rings. The molecule has 0 aromatic heterocycles. The lowest BCUT2D eigenvalue weighted by atomic mass is 9.73. The lowest BCUT2D eigenvalue weighted by Gasteiger charge is -2.42. The van der Waals surface area contributed by atoms with Crippen molar-refractivity contribution >= 4 is 22.4 Å². The molecule has 0 saturated heterocycles. The summed E-state index contributed by atoms with van der Waals surface area (Å²) in [7, 11) is -1.19. The van der Waals surface area contributed by atoms with E-state index < -0.39 is 15.5 Å². The Hall–Kier alpha value is -1.94. The molecular weight excluding hydrogens is 330 g/mol. The number of carbonyl (C=O) groups is 1. The molecule has 1 N–H and O–H groups in total. The second-order valence-corrected chi connectivity index (χ2v) is 8.98. The summed E-state index contributed by atoms with van der Waals surface area (Å²) in [5.74, 6) is 0.264. The molecular formula is C21H23NO2S. The minimum Gasteiger partial charge on any atom is -0.325 e. The van der Waals surface area contributed by atoms with Gasteiger partial charge in [0.05, 0.1) is 26.1 Å². The zero-order valence-corrected chi connectivity index (χ0v) is 15.1. The van der Waals surface area contributed by atoms with Gasteiger partial charge in [-0.05, 0) is 42.9 Å². The third kappa shape index (κ3) is 3.04. The van der Waals surface area contributed by atoms with Gasteiger partial charge in [0.25, 0.3) is 0 Å². The summed E-state index contributed by atoms with van der Waals surface area (Å²) in [6.45, 7) is 0. The Labute approximate surface area is 151 Å². The van der Waals surface area contributed by atoms with E-state index in [1.807, 2.05) is 30.3 Å². The summed E-state index contributed by atoms with van der Waals surface area (Å²) in [6.07, 6.45) is 5.34. The van der Waals surface area contributed by atoms with Gasteiger partial charge in [0, 0.05) is 6.42 Å². The van der Waals surface area contributed by atoms with Gasteiger partial charge in [-0.2, -0.15) is 0 Å². The van der Waals surface area contributed by atoms with Gasteiger partial charge in [-0.25, -0.2) is 0 Å². The van der Waals surface area contributed by atoms with Gasteiger partial charge < -0.3 is 5.32 Å². The van der Waals surface area contributed by atoms with Crippen molar-refractivity contribution in [2.24, 2.45) is 5.92 Å². The van der Waals surface area contributed by atoms with Crippen molar-refractivity contribution in [3.05, 3.63) is 60.2 Å². The first-order valence-electron chi connectivity index (χ1n) is 9.04. The maximum atomic E-state index is 13.7. The Morgan fingerprint density at radius 2 is 1.80 bits per heavy atom. The Bertz CT molecular complexity index is 805. The van der Waals surface area contributed by atoms with E-state index in [1.54, 1.807) is 0 Å². The number of anilines is 1. The third-order valence-corrected chi connectivity index (χ3v) is 7.84. The normalized spacial score (nSPS) is 28.9. The predicted octanol–water partition coefficient (Wildman–Crippen LogP) is 4.31. The predicted molar refractivity (Wildman–Crippen MR) is 101 cm³/mol. The van der Waals surface area contributed by atoms with E-state index >= 15 is 0 Å². The highest BCUT2D eigenvalue weighted by atomic mass is 32.2. The number of fused-ring (bicyclic) bond motifs is 1. The highest BCUT2D eigenvalue weighted by Crippen LogP contribution is 2.47. The molecule has 130 valence electrons. The zero-order chi connectivity index (χ0) is 17.3. The van der Waals surface area contributed by atoms with Crippen LogP contribution in [0.15, 0.2) is 59.5 Å². The van der Waals surface area contributed by atoms with Gasteiger partial charge in [0.15, 0.2) is 0 Å². The lowest BCUT2D eigenvalue weighted by molar-refractivity contribution is -0.117. The quantitative estimate of drug-likeness (QED) is 0.874. The number of para-hydroxylation sites is 1. The minimum absolute atomic E-state index is 0.00161. The van der Waals surface area contributed by atoms with E-state index in [2.05, 4.69) is 29.6 Å². The molecule has 1 aliphatic heterocycles. The van der Waals surface area contributed by atoms with Gasteiger partial charge in [-0.3, -0.25) is 9.00 Å². The van der Waals surface area contributed by atoms with Crippen LogP contribution < -0.4 is 5.32 Å². The van der Waals surface area contributed by atoms with Gasteiger partial charge in [0.2, 0.25) is 5.91 Å². The molecule has 1 heterocycles. The van der Waals surface area contributed by atoms with Gasteiger partial charge >= 0.3 is 0 Å². The molecule has 2 aromatic rings. The van der Waals surface area contributed by atoms with Crippen LogP contribution in [0, 0.1) is 5.92 Å². The zero-order valence-electron chi connectivity index (χ0n) is 14.2. The topological polar surface area (TPSA) is 46.2 Å². The van der Waals surface area contributed by atoms with E-state index in [-0.39, 0.29) is 11.8 Å². The molecule has 1 saturated carbocycles. The molecule has 2 aromatic carbocycles. The number of hydrogen-bond donors (Lipinski definition) is 1. The number of rotatable bonds is 2. The molecule has 3 nitrogen and oxygen atoms in total. The summed E-state index contributed by atoms with van der Waals surface area (Å²) in [4.78, 5) is 13.4. The van der Waals surface area contributed by atoms with Gasteiger partial charge in [-0.1, -0.05) is 55.3 Å². The van der Waals surface area contributed by atoms with Crippen LogP contribution in [0.1, 0.15) is 37.7 Å². The highest BCUT2D eigenvalue weighted by Gasteiger charge is 2.49. The number of carbonyl (C=O) groups excluding carboxylic acids is 1. The van der Waals surface area contributed by atoms with Crippen molar-refractivity contribution in [1.29, 1.82) is 0 Å². The Morgan fingerprint density at radius 3 is 2.64 bits per heavy atom. The van der Waals surface area contributed by atoms with Crippen molar-refractivity contribution in [3.8, 4) is 0 Å². The first kappa shape index (κ1) is 16.5. The molecule has 1 spiro atoms. The molecule has 4 rings (SSSR count). The fourth-order valence-electron chi connectivity index (χ4n) is 4.43. The second-order valence-electron chi connectivity index (χ2n) is 7.19. The average Bonchev–Trinajstić information content (AvgIpc) is 2.73. The van der Waals surface area contributed by atoms with Gasteiger partial charge in [-0.15, -0.1) is 0 Å². The standard InChI is InChI=1S/C21H23NO2S/c23-20-15-21(25(24)19-12-5-4-11-18(19)22-20)13-7-6-10-17(21)14-16-8-2-1-3-9-16/h1-5,8-9,11-12,17H,6-7,10,13-15H2,(H,22,23). The van der Waals surface area contributed by atoms with Crippen LogP contribution in [-0.2, 0) is 22.0 Å². The molecule has 1 fully saturated rings. The van der Waals surface area contributed by atoms with Crippen LogP contribution in [0.4, 0.5) is 5.69 Å². The van der Waals surface area contributed by atoms with Crippen LogP contribution in [0.2, 0.25) is 0 Å². The minimum atomic E-state index is -1.19. The van der Waals surface area contributed by atoms with E-state index in [0.29, 0.717) is 12.1 Å². The maximum absolute atomic E-state index is 13.7. The maximum Gasteiger partial charge on any atom is 0.225 e. The Kier molecular flexibility index (Phi) is 4.46. The molecule has 1 amide bonds. The Balaban J connectivity index is 1.76. The van der Waals surface area contributed by atoms with Crippen LogP contribution in [0.3, 0.4) is 0 Å². The van der Waals surface area contributed by atoms with E-state index in [1.165, 1.54) is 5.56 Å². The molecule has 1 aliphatic carbocycles. The molecule has 3 atom stereocenters. The van der Waals surface area contributed by atoms with Crippen LogP contribution in [0.5, 0.6) is 0 Å². The van der Waals surface area contributed by atoms with Crippen molar-refractivity contribution in [2.45, 2.75) is 48.2 Å². The molecule has 0 radical (unpaired) electrons. The molecule has 4 heteroatoms. The summed E-state index contributed by atoms with van der Waals surface area (Å²) in [5.41, 5.74) is 1.98. The van der Waals surface area contributed by atoms with Crippen LogP contribution >= 0.6 is 0 Å². The third-order valence-electron chi connectivity index (χ3n) is 5.66. The van der Waals surface area contributed by atoms with Crippen molar-refractivity contribution in [1.82, 2.24) is 0 Å². The summed E-state index contributed by atoms with van der Waals surface area (Å²) in [6, 6.07) is 18.0. The van der Waals surface area contributed by atoms with Crippen molar-refractivity contribution in [3.63, 3.8) is 0 Å².